The van der Waals surface area contributed by atoms with Crippen molar-refractivity contribution in [2.75, 3.05) is 26.2 Å². The minimum absolute atomic E-state index is 0.157. The first kappa shape index (κ1) is 15.8. The molecule has 2 fully saturated rings. The van der Waals surface area contributed by atoms with Crippen molar-refractivity contribution in [3.05, 3.63) is 45.8 Å². The van der Waals surface area contributed by atoms with Gasteiger partial charge in [-0.2, -0.15) is 0 Å². The van der Waals surface area contributed by atoms with Crippen molar-refractivity contribution in [2.24, 2.45) is 11.0 Å². The fourth-order valence-corrected chi connectivity index (χ4v) is 3.45. The van der Waals surface area contributed by atoms with Gasteiger partial charge in [-0.3, -0.25) is 9.69 Å². The molecule has 2 saturated heterocycles. The molecule has 2 aliphatic rings. The average Bonchev–Trinajstić information content (AvgIpc) is 3.18. The van der Waals surface area contributed by atoms with Crippen molar-refractivity contribution in [1.82, 2.24) is 9.80 Å². The van der Waals surface area contributed by atoms with Crippen LogP contribution in [0.25, 0.3) is 10.4 Å². The van der Waals surface area contributed by atoms with Crippen LogP contribution in [-0.2, 0) is 17.9 Å². The Labute approximate surface area is 136 Å². The van der Waals surface area contributed by atoms with Gasteiger partial charge in [0.25, 0.3) is 0 Å². The zero-order chi connectivity index (χ0) is 16.1. The number of carbonyl (C=O) groups excluding carboxylic acids is 1. The lowest BCUT2D eigenvalue weighted by atomic mass is 10.1. The second-order valence-corrected chi connectivity index (χ2v) is 6.56. The Hall–Kier alpha value is -2.04. The van der Waals surface area contributed by atoms with E-state index in [0.29, 0.717) is 26.1 Å². The van der Waals surface area contributed by atoms with Crippen LogP contribution < -0.4 is 0 Å². The van der Waals surface area contributed by atoms with Gasteiger partial charge in [-0.25, -0.2) is 0 Å². The van der Waals surface area contributed by atoms with Crippen LogP contribution in [-0.4, -0.2) is 41.9 Å². The maximum atomic E-state index is 12.0. The van der Waals surface area contributed by atoms with Gasteiger partial charge in [0.2, 0.25) is 5.91 Å². The zero-order valence-corrected chi connectivity index (χ0v) is 13.4. The van der Waals surface area contributed by atoms with Gasteiger partial charge < -0.3 is 4.90 Å². The monoisotopic (exact) mass is 313 g/mol. The number of amides is 1. The molecule has 0 bridgehead atoms. The van der Waals surface area contributed by atoms with Crippen LogP contribution in [0.3, 0.4) is 0 Å². The fraction of sp³-hybridized carbons (Fsp3) is 0.588. The summed E-state index contributed by atoms with van der Waals surface area (Å²) in [4.78, 5) is 19.2. The highest BCUT2D eigenvalue weighted by Gasteiger charge is 2.28. The summed E-state index contributed by atoms with van der Waals surface area (Å²) >= 11 is 0. The van der Waals surface area contributed by atoms with Gasteiger partial charge in [0.05, 0.1) is 0 Å². The summed E-state index contributed by atoms with van der Waals surface area (Å²) in [5, 5.41) is 3.59. The topological polar surface area (TPSA) is 72.3 Å². The zero-order valence-electron chi connectivity index (χ0n) is 13.4. The first-order chi connectivity index (χ1) is 11.2. The molecule has 1 amide bonds. The summed E-state index contributed by atoms with van der Waals surface area (Å²) in [6, 6.07) is 8.59. The third-order valence-corrected chi connectivity index (χ3v) is 4.70. The van der Waals surface area contributed by atoms with E-state index in [4.69, 9.17) is 5.53 Å². The van der Waals surface area contributed by atoms with Gasteiger partial charge in [0, 0.05) is 37.5 Å². The van der Waals surface area contributed by atoms with E-state index in [9.17, 15) is 4.79 Å². The van der Waals surface area contributed by atoms with Gasteiger partial charge in [0.1, 0.15) is 0 Å². The summed E-state index contributed by atoms with van der Waals surface area (Å²) in [6.07, 6.45) is 3.12. The molecular formula is C17H23N5O. The van der Waals surface area contributed by atoms with E-state index in [1.807, 2.05) is 4.90 Å². The molecular weight excluding hydrogens is 290 g/mol. The molecule has 1 atom stereocenters. The summed E-state index contributed by atoms with van der Waals surface area (Å²) in [6.45, 7) is 5.18. The molecule has 0 aliphatic carbocycles. The highest BCUT2D eigenvalue weighted by atomic mass is 16.2. The van der Waals surface area contributed by atoms with Crippen molar-refractivity contribution < 1.29 is 4.79 Å². The molecule has 1 aromatic rings. The Bertz CT molecular complexity index is 588. The predicted octanol–water partition coefficient (Wildman–Crippen LogP) is 2.94. The van der Waals surface area contributed by atoms with Crippen molar-refractivity contribution in [3.8, 4) is 0 Å². The molecule has 0 saturated carbocycles. The van der Waals surface area contributed by atoms with Crippen molar-refractivity contribution in [3.63, 3.8) is 0 Å². The SMILES string of the molecule is [N-]=[N+]=NCC1CC(=O)N(Cc2ccc(CN3CCCC3)cc2)C1. The van der Waals surface area contributed by atoms with E-state index < -0.39 is 0 Å². The highest BCUT2D eigenvalue weighted by Crippen LogP contribution is 2.21. The molecule has 3 rings (SSSR count). The maximum Gasteiger partial charge on any atom is 0.223 e. The summed E-state index contributed by atoms with van der Waals surface area (Å²) in [7, 11) is 0. The van der Waals surface area contributed by atoms with Gasteiger partial charge in [-0.15, -0.1) is 0 Å². The van der Waals surface area contributed by atoms with Crippen LogP contribution in [0.15, 0.2) is 29.4 Å². The lowest BCUT2D eigenvalue weighted by Gasteiger charge is -2.18. The molecule has 1 aromatic carbocycles. The Morgan fingerprint density at radius 3 is 2.43 bits per heavy atom. The van der Waals surface area contributed by atoms with E-state index in [2.05, 4.69) is 39.2 Å². The molecule has 2 aliphatic heterocycles. The van der Waals surface area contributed by atoms with Crippen LogP contribution >= 0.6 is 0 Å². The normalized spacial score (nSPS) is 21.7. The first-order valence-corrected chi connectivity index (χ1v) is 8.33. The Kier molecular flexibility index (Phi) is 5.16. The number of hydrogen-bond acceptors (Lipinski definition) is 3. The number of benzene rings is 1. The van der Waals surface area contributed by atoms with Gasteiger partial charge >= 0.3 is 0 Å². The summed E-state index contributed by atoms with van der Waals surface area (Å²) in [5.74, 6) is 0.317. The van der Waals surface area contributed by atoms with E-state index in [0.717, 1.165) is 12.1 Å². The molecule has 122 valence electrons. The van der Waals surface area contributed by atoms with Crippen molar-refractivity contribution >= 4 is 5.91 Å². The molecule has 0 spiro atoms. The van der Waals surface area contributed by atoms with E-state index >= 15 is 0 Å². The van der Waals surface area contributed by atoms with Crippen LogP contribution in [0.5, 0.6) is 0 Å². The second-order valence-electron chi connectivity index (χ2n) is 6.56. The van der Waals surface area contributed by atoms with Crippen LogP contribution in [0, 0.1) is 5.92 Å². The Morgan fingerprint density at radius 2 is 1.78 bits per heavy atom. The first-order valence-electron chi connectivity index (χ1n) is 8.33. The number of hydrogen-bond donors (Lipinski definition) is 0. The van der Waals surface area contributed by atoms with Gasteiger partial charge in [-0.1, -0.05) is 29.4 Å². The summed E-state index contributed by atoms with van der Waals surface area (Å²) in [5.41, 5.74) is 10.9. The third-order valence-electron chi connectivity index (χ3n) is 4.70. The van der Waals surface area contributed by atoms with E-state index in [1.54, 1.807) is 0 Å². The molecule has 6 heteroatoms. The van der Waals surface area contributed by atoms with E-state index in [1.165, 1.54) is 31.5 Å². The molecule has 0 N–H and O–H groups in total. The largest absolute Gasteiger partial charge is 0.338 e. The summed E-state index contributed by atoms with van der Waals surface area (Å²) < 4.78 is 0. The fourth-order valence-electron chi connectivity index (χ4n) is 3.45. The van der Waals surface area contributed by atoms with Crippen LogP contribution in [0.2, 0.25) is 0 Å². The molecule has 2 heterocycles. The lowest BCUT2D eigenvalue weighted by Crippen LogP contribution is -2.24. The van der Waals surface area contributed by atoms with Crippen LogP contribution in [0.4, 0.5) is 0 Å². The lowest BCUT2D eigenvalue weighted by molar-refractivity contribution is -0.128. The van der Waals surface area contributed by atoms with Gasteiger partial charge in [-0.05, 0) is 48.5 Å². The molecule has 1 unspecified atom stereocenters. The molecule has 23 heavy (non-hydrogen) atoms. The predicted molar refractivity (Wildman–Crippen MR) is 88.5 cm³/mol. The standard InChI is InChI=1S/C17H23N5O/c18-20-19-10-16-9-17(23)22(13-16)12-15-5-3-14(4-6-15)11-21-7-1-2-8-21/h3-6,16H,1-2,7-13H2. The maximum absolute atomic E-state index is 12.0. The molecule has 0 radical (unpaired) electrons. The number of likely N-dealkylation sites (tertiary alicyclic amines) is 2. The minimum Gasteiger partial charge on any atom is -0.338 e. The molecule has 6 nitrogen and oxygen atoms in total. The second kappa shape index (κ2) is 7.49. The Balaban J connectivity index is 1.53. The Morgan fingerprint density at radius 1 is 1.13 bits per heavy atom. The average molecular weight is 313 g/mol. The van der Waals surface area contributed by atoms with Crippen LogP contribution in [0.1, 0.15) is 30.4 Å². The molecule has 0 aromatic heterocycles. The van der Waals surface area contributed by atoms with Gasteiger partial charge in [0.15, 0.2) is 0 Å². The third kappa shape index (κ3) is 4.24. The number of nitrogens with zero attached hydrogens (tertiary/aromatic N) is 5. The smallest absolute Gasteiger partial charge is 0.223 e. The van der Waals surface area contributed by atoms with E-state index in [-0.39, 0.29) is 11.8 Å². The van der Waals surface area contributed by atoms with Crippen molar-refractivity contribution in [1.29, 1.82) is 0 Å². The number of carbonyl (C=O) groups is 1. The quantitative estimate of drug-likeness (QED) is 0.460. The van der Waals surface area contributed by atoms with Crippen molar-refractivity contribution in [2.45, 2.75) is 32.4 Å². The number of rotatable bonds is 6. The highest BCUT2D eigenvalue weighted by molar-refractivity contribution is 5.78. The number of azide groups is 1. The minimum atomic E-state index is 0.157.